The third-order valence-corrected chi connectivity index (χ3v) is 4.62. The highest BCUT2D eigenvalue weighted by molar-refractivity contribution is 5.95. The minimum atomic E-state index is -0.510. The molecule has 1 fully saturated rings. The van der Waals surface area contributed by atoms with Gasteiger partial charge in [0.2, 0.25) is 11.8 Å². The highest BCUT2D eigenvalue weighted by Crippen LogP contribution is 2.20. The van der Waals surface area contributed by atoms with Crippen molar-refractivity contribution in [1.29, 1.82) is 0 Å². The molecule has 0 saturated carbocycles. The van der Waals surface area contributed by atoms with Crippen LogP contribution in [-0.2, 0) is 4.79 Å². The zero-order valence-corrected chi connectivity index (χ0v) is 15.2. The van der Waals surface area contributed by atoms with E-state index in [0.717, 1.165) is 18.8 Å². The summed E-state index contributed by atoms with van der Waals surface area (Å²) in [7, 11) is 0. The molecule has 2 amide bonds. The van der Waals surface area contributed by atoms with Crippen molar-refractivity contribution in [3.05, 3.63) is 64.2 Å². The van der Waals surface area contributed by atoms with E-state index in [9.17, 15) is 19.7 Å². The monoisotopic (exact) mass is 383 g/mol. The Morgan fingerprint density at radius 2 is 1.61 bits per heavy atom. The van der Waals surface area contributed by atoms with Gasteiger partial charge in [-0.3, -0.25) is 24.6 Å². The molecule has 1 heterocycles. The molecule has 2 aromatic carbocycles. The number of rotatable bonds is 6. The number of nitrogens with zero attached hydrogens (tertiary/aromatic N) is 3. The van der Waals surface area contributed by atoms with E-state index in [-0.39, 0.29) is 18.1 Å². The molecule has 28 heavy (non-hydrogen) atoms. The summed E-state index contributed by atoms with van der Waals surface area (Å²) in [5.41, 5.74) is 7.20. The Hall–Kier alpha value is -3.46. The van der Waals surface area contributed by atoms with Crippen LogP contribution in [0, 0.1) is 10.1 Å². The van der Waals surface area contributed by atoms with Gasteiger partial charge in [-0.1, -0.05) is 0 Å². The number of anilines is 2. The zero-order chi connectivity index (χ0) is 20.1. The molecular weight excluding hydrogens is 362 g/mol. The molecule has 3 rings (SSSR count). The second kappa shape index (κ2) is 8.49. The lowest BCUT2D eigenvalue weighted by Gasteiger charge is -2.35. The minimum Gasteiger partial charge on any atom is -0.369 e. The smallest absolute Gasteiger partial charge is 0.269 e. The van der Waals surface area contributed by atoms with Gasteiger partial charge in [-0.25, -0.2) is 0 Å². The summed E-state index contributed by atoms with van der Waals surface area (Å²) in [4.78, 5) is 37.8. The maximum Gasteiger partial charge on any atom is 0.269 e. The number of amides is 2. The van der Waals surface area contributed by atoms with Gasteiger partial charge in [0, 0.05) is 55.2 Å². The van der Waals surface area contributed by atoms with Crippen LogP contribution in [0.3, 0.4) is 0 Å². The molecular formula is C19H21N5O4. The quantitative estimate of drug-likeness (QED) is 0.575. The lowest BCUT2D eigenvalue weighted by molar-refractivity contribution is -0.384. The first-order valence-electron chi connectivity index (χ1n) is 8.84. The number of carbonyl (C=O) groups excluding carboxylic acids is 2. The van der Waals surface area contributed by atoms with Crippen LogP contribution >= 0.6 is 0 Å². The summed E-state index contributed by atoms with van der Waals surface area (Å²) in [6, 6.07) is 12.9. The van der Waals surface area contributed by atoms with Crippen LogP contribution in [0.25, 0.3) is 0 Å². The van der Waals surface area contributed by atoms with Crippen molar-refractivity contribution in [2.24, 2.45) is 5.73 Å². The van der Waals surface area contributed by atoms with Crippen molar-refractivity contribution in [3.8, 4) is 0 Å². The summed E-state index contributed by atoms with van der Waals surface area (Å²) in [6.45, 7) is 3.17. The Balaban J connectivity index is 1.47. The molecule has 0 spiro atoms. The van der Waals surface area contributed by atoms with Crippen molar-refractivity contribution in [2.75, 3.05) is 42.9 Å². The number of carbonyl (C=O) groups is 2. The third kappa shape index (κ3) is 4.83. The number of nitro benzene ring substituents is 1. The van der Waals surface area contributed by atoms with Crippen LogP contribution in [0.1, 0.15) is 10.4 Å². The first kappa shape index (κ1) is 19.3. The standard InChI is InChI=1S/C19H21N5O4/c20-19(26)14-1-3-15(4-2-14)21-18(25)13-22-9-11-23(12-10-22)16-5-7-17(8-6-16)24(27)28/h1-8H,9-13H2,(H2,20,26)(H,21,25). The molecule has 0 aliphatic carbocycles. The van der Waals surface area contributed by atoms with Crippen LogP contribution in [0.5, 0.6) is 0 Å². The zero-order valence-electron chi connectivity index (χ0n) is 15.2. The van der Waals surface area contributed by atoms with Crippen molar-refractivity contribution < 1.29 is 14.5 Å². The number of primary amides is 1. The van der Waals surface area contributed by atoms with Gasteiger partial charge in [-0.15, -0.1) is 0 Å². The maximum absolute atomic E-state index is 12.2. The molecule has 0 bridgehead atoms. The van der Waals surface area contributed by atoms with Crippen LogP contribution < -0.4 is 16.0 Å². The van der Waals surface area contributed by atoms with Gasteiger partial charge in [0.05, 0.1) is 11.5 Å². The van der Waals surface area contributed by atoms with Crippen molar-refractivity contribution in [2.45, 2.75) is 0 Å². The minimum absolute atomic E-state index is 0.0721. The molecule has 146 valence electrons. The van der Waals surface area contributed by atoms with Crippen LogP contribution in [0.4, 0.5) is 17.1 Å². The Kier molecular flexibility index (Phi) is 5.85. The summed E-state index contributed by atoms with van der Waals surface area (Å²) >= 11 is 0. The normalized spacial score (nSPS) is 14.5. The molecule has 0 aromatic heterocycles. The molecule has 9 nitrogen and oxygen atoms in total. The summed E-state index contributed by atoms with van der Waals surface area (Å²) in [6.07, 6.45) is 0. The fourth-order valence-corrected chi connectivity index (χ4v) is 3.07. The molecule has 3 N–H and O–H groups in total. The summed E-state index contributed by atoms with van der Waals surface area (Å²) in [5.74, 6) is -0.639. The molecule has 0 atom stereocenters. The molecule has 0 radical (unpaired) electrons. The number of piperazine rings is 1. The Bertz CT molecular complexity index is 859. The molecule has 1 saturated heterocycles. The highest BCUT2D eigenvalue weighted by Gasteiger charge is 2.20. The fraction of sp³-hybridized carbons (Fsp3) is 0.263. The van der Waals surface area contributed by atoms with Gasteiger partial charge in [0.25, 0.3) is 5.69 Å². The summed E-state index contributed by atoms with van der Waals surface area (Å²) < 4.78 is 0. The number of benzene rings is 2. The number of non-ortho nitro benzene ring substituents is 1. The number of nitrogens with two attached hydrogens (primary N) is 1. The molecule has 9 heteroatoms. The van der Waals surface area contributed by atoms with E-state index in [1.165, 1.54) is 12.1 Å². The van der Waals surface area contributed by atoms with Gasteiger partial charge in [0.1, 0.15) is 0 Å². The lowest BCUT2D eigenvalue weighted by Crippen LogP contribution is -2.48. The van der Waals surface area contributed by atoms with Gasteiger partial charge >= 0.3 is 0 Å². The highest BCUT2D eigenvalue weighted by atomic mass is 16.6. The van der Waals surface area contributed by atoms with E-state index in [1.807, 2.05) is 0 Å². The van der Waals surface area contributed by atoms with Crippen molar-refractivity contribution in [3.63, 3.8) is 0 Å². The third-order valence-electron chi connectivity index (χ3n) is 4.62. The predicted octanol–water partition coefficient (Wildman–Crippen LogP) is 1.45. The van der Waals surface area contributed by atoms with E-state index in [4.69, 9.17) is 5.73 Å². The van der Waals surface area contributed by atoms with E-state index in [1.54, 1.807) is 36.4 Å². The van der Waals surface area contributed by atoms with Gasteiger partial charge in [-0.05, 0) is 36.4 Å². The topological polar surface area (TPSA) is 122 Å². The second-order valence-corrected chi connectivity index (χ2v) is 6.53. The first-order valence-corrected chi connectivity index (χ1v) is 8.84. The van der Waals surface area contributed by atoms with Crippen molar-refractivity contribution in [1.82, 2.24) is 4.90 Å². The number of nitro groups is 1. The van der Waals surface area contributed by atoms with Gasteiger partial charge < -0.3 is 16.0 Å². The maximum atomic E-state index is 12.2. The van der Waals surface area contributed by atoms with Crippen LogP contribution in [0.2, 0.25) is 0 Å². The average molecular weight is 383 g/mol. The fourth-order valence-electron chi connectivity index (χ4n) is 3.07. The largest absolute Gasteiger partial charge is 0.369 e. The van der Waals surface area contributed by atoms with Gasteiger partial charge in [-0.2, -0.15) is 0 Å². The Labute approximate surface area is 161 Å². The summed E-state index contributed by atoms with van der Waals surface area (Å²) in [5, 5.41) is 13.5. The van der Waals surface area contributed by atoms with E-state index < -0.39 is 10.8 Å². The Morgan fingerprint density at radius 1 is 1.00 bits per heavy atom. The number of hydrogen-bond donors (Lipinski definition) is 2. The van der Waals surface area contributed by atoms with Crippen LogP contribution in [0.15, 0.2) is 48.5 Å². The van der Waals surface area contributed by atoms with Crippen LogP contribution in [-0.4, -0.2) is 54.4 Å². The molecule has 2 aromatic rings. The van der Waals surface area contributed by atoms with E-state index in [0.29, 0.717) is 24.3 Å². The second-order valence-electron chi connectivity index (χ2n) is 6.53. The van der Waals surface area contributed by atoms with Gasteiger partial charge in [0.15, 0.2) is 0 Å². The SMILES string of the molecule is NC(=O)c1ccc(NC(=O)CN2CCN(c3ccc([N+](=O)[O-])cc3)CC2)cc1. The first-order chi connectivity index (χ1) is 13.4. The van der Waals surface area contributed by atoms with E-state index >= 15 is 0 Å². The van der Waals surface area contributed by atoms with Crippen molar-refractivity contribution >= 4 is 28.9 Å². The molecule has 1 aliphatic rings. The average Bonchev–Trinajstić information content (AvgIpc) is 2.69. The predicted molar refractivity (Wildman–Crippen MR) is 105 cm³/mol. The number of hydrogen-bond acceptors (Lipinski definition) is 6. The molecule has 1 aliphatic heterocycles. The van der Waals surface area contributed by atoms with E-state index in [2.05, 4.69) is 15.1 Å². The number of nitrogens with one attached hydrogen (secondary N) is 1. The Morgan fingerprint density at radius 3 is 2.14 bits per heavy atom. The lowest BCUT2D eigenvalue weighted by atomic mass is 10.2. The molecule has 0 unspecified atom stereocenters.